The zero-order valence-corrected chi connectivity index (χ0v) is 29.9. The van der Waals surface area contributed by atoms with Gasteiger partial charge in [-0.05, 0) is 11.1 Å². The van der Waals surface area contributed by atoms with Gasteiger partial charge in [0.25, 0.3) is 0 Å². The van der Waals surface area contributed by atoms with E-state index in [1.54, 1.807) is 27.1 Å². The maximum absolute atomic E-state index is 4.45. The van der Waals surface area contributed by atoms with E-state index in [1.165, 1.54) is 36.8 Å². The molecule has 4 aromatic rings. The van der Waals surface area contributed by atoms with Crippen LogP contribution in [0.5, 0.6) is 0 Å². The van der Waals surface area contributed by atoms with Gasteiger partial charge in [-0.2, -0.15) is 0 Å². The predicted molar refractivity (Wildman–Crippen MR) is 177 cm³/mol. The van der Waals surface area contributed by atoms with Crippen molar-refractivity contribution in [3.8, 4) is 11.1 Å². The van der Waals surface area contributed by atoms with Gasteiger partial charge in [-0.25, -0.2) is 0 Å². The molecule has 0 spiro atoms. The second kappa shape index (κ2) is 14.5. The molecule has 2 aliphatic rings. The number of rotatable bonds is 7. The molecule has 0 aliphatic heterocycles. The van der Waals surface area contributed by atoms with Crippen LogP contribution in [0.3, 0.4) is 0 Å². The summed E-state index contributed by atoms with van der Waals surface area (Å²) in [5.74, 6) is -0.656. The third kappa shape index (κ3) is 7.25. The normalized spacial score (nSPS) is 17.1. The largest absolute Gasteiger partial charge is 0.0622 e. The Hall–Kier alpha value is -2.59. The summed E-state index contributed by atoms with van der Waals surface area (Å²) >= 11 is -2.35. The third-order valence-electron chi connectivity index (χ3n) is 9.08. The fraction of sp³-hybridized carbons (Fsp3) is 0.263. The molecule has 3 heteroatoms. The molecule has 4 aromatic carbocycles. The van der Waals surface area contributed by atoms with Crippen LogP contribution in [0.25, 0.3) is 11.1 Å². The van der Waals surface area contributed by atoms with Gasteiger partial charge in [0.2, 0.25) is 0 Å². The molecule has 41 heavy (non-hydrogen) atoms. The molecule has 209 valence electrons. The number of hydrogen-bond donors (Lipinski definition) is 1. The number of nitrogens with one attached hydrogen (secondary N) is 1. The van der Waals surface area contributed by atoms with E-state index < -0.39 is 26.9 Å². The molecule has 1 unspecified atom stereocenters. The maximum atomic E-state index is 4.45. The molecular formula is C38H44HfNSi. The summed E-state index contributed by atoms with van der Waals surface area (Å²) in [6, 6.07) is 44.6. The van der Waals surface area contributed by atoms with Crippen molar-refractivity contribution >= 4 is 16.4 Å². The summed E-state index contributed by atoms with van der Waals surface area (Å²) in [6.45, 7) is 9.62. The minimum atomic E-state index is -2.35. The summed E-state index contributed by atoms with van der Waals surface area (Å²) in [5, 5.41) is 3.28. The molecule has 0 radical (unpaired) electrons. The third-order valence-corrected chi connectivity index (χ3v) is 36.7. The molecule has 1 atom stereocenters. The van der Waals surface area contributed by atoms with E-state index in [0.717, 1.165) is 6.04 Å². The van der Waals surface area contributed by atoms with Crippen molar-refractivity contribution in [3.05, 3.63) is 141 Å². The van der Waals surface area contributed by atoms with Crippen LogP contribution in [0.15, 0.2) is 141 Å². The first-order valence-corrected chi connectivity index (χ1v) is 26.8. The van der Waals surface area contributed by atoms with E-state index in [4.69, 9.17) is 0 Å². The summed E-state index contributed by atoms with van der Waals surface area (Å²) in [7, 11) is 0. The van der Waals surface area contributed by atoms with E-state index in [0.29, 0.717) is 5.92 Å². The topological polar surface area (TPSA) is 12.0 Å². The number of benzene rings is 4. The van der Waals surface area contributed by atoms with Crippen molar-refractivity contribution in [2.24, 2.45) is 5.92 Å². The first kappa shape index (κ1) is 29.9. The SMILES string of the molecule is CC1=C(C)C(C)[C]([Hf]([NH]C2CCCC2)[SiH](c2ccccc2)c2ccccc2)=C1C.c1ccc(-c2ccccc2)cc1. The van der Waals surface area contributed by atoms with Crippen LogP contribution in [0.4, 0.5) is 0 Å². The fourth-order valence-corrected chi connectivity index (χ4v) is 39.2. The summed E-state index contributed by atoms with van der Waals surface area (Å²) in [4.78, 5) is 0. The Morgan fingerprint density at radius 1 is 0.585 bits per heavy atom. The summed E-state index contributed by atoms with van der Waals surface area (Å²) in [6.07, 6.45) is 5.57. The van der Waals surface area contributed by atoms with Gasteiger partial charge < -0.3 is 0 Å². The minimum Gasteiger partial charge on any atom is -0.0622 e. The zero-order chi connectivity index (χ0) is 28.6. The van der Waals surface area contributed by atoms with Gasteiger partial charge in [0.1, 0.15) is 0 Å². The van der Waals surface area contributed by atoms with Crippen molar-refractivity contribution in [2.75, 3.05) is 0 Å². The molecule has 1 N–H and O–H groups in total. The van der Waals surface area contributed by atoms with Crippen molar-refractivity contribution < 1.29 is 20.9 Å². The fourth-order valence-electron chi connectivity index (χ4n) is 6.48. The first-order chi connectivity index (χ1) is 20.0. The Labute approximate surface area is 256 Å². The van der Waals surface area contributed by atoms with E-state index >= 15 is 0 Å². The van der Waals surface area contributed by atoms with Gasteiger partial charge in [-0.3, -0.25) is 0 Å². The molecular weight excluding hydrogens is 677 g/mol. The van der Waals surface area contributed by atoms with Gasteiger partial charge >= 0.3 is 187 Å². The molecule has 1 fully saturated rings. The van der Waals surface area contributed by atoms with E-state index in [9.17, 15) is 0 Å². The quantitative estimate of drug-likeness (QED) is 0.190. The van der Waals surface area contributed by atoms with Crippen LogP contribution in [0.1, 0.15) is 53.4 Å². The standard InChI is InChI=1S/C12H11Si.C12H10.C9H13.C5H10N.Hf/c1-3-7-11(8-4-1)13-12-9-5-2-6-10-12;1-3-7-11(8-4-1)12-9-5-2-6-10-12;1-6-5-7(2)9(4)8(6)3;6-5-3-1-2-4-5;/h1-10,13H;1-10H;6H,1-4H3;5-6H,1-4H2;/q;;;-1;+1. The Balaban J connectivity index is 0.000000234. The Bertz CT molecular complexity index is 1360. The van der Waals surface area contributed by atoms with Crippen LogP contribution in [-0.2, 0) is 20.9 Å². The van der Waals surface area contributed by atoms with E-state index in [-0.39, 0.29) is 0 Å². The molecule has 0 aromatic heterocycles. The molecule has 1 nitrogen and oxygen atoms in total. The van der Waals surface area contributed by atoms with Crippen LogP contribution >= 0.6 is 0 Å². The van der Waals surface area contributed by atoms with Crippen molar-refractivity contribution in [2.45, 2.75) is 59.4 Å². The Morgan fingerprint density at radius 2 is 1.00 bits per heavy atom. The second-order valence-corrected chi connectivity index (χ2v) is 30.7. The molecule has 2 aliphatic carbocycles. The smallest absolute Gasteiger partial charge is 0.0184 e. The van der Waals surface area contributed by atoms with Gasteiger partial charge in [0.15, 0.2) is 0 Å². The molecule has 6 rings (SSSR count). The van der Waals surface area contributed by atoms with Gasteiger partial charge in [-0.15, -0.1) is 0 Å². The minimum absolute atomic E-state index is 0.633. The molecule has 1 saturated carbocycles. The van der Waals surface area contributed by atoms with Crippen LogP contribution in [-0.4, -0.2) is 12.0 Å². The summed E-state index contributed by atoms with van der Waals surface area (Å²) < 4.78 is 6.32. The second-order valence-electron chi connectivity index (χ2n) is 11.6. The first-order valence-electron chi connectivity index (χ1n) is 15.3. The van der Waals surface area contributed by atoms with Crippen molar-refractivity contribution in [1.82, 2.24) is 3.30 Å². The van der Waals surface area contributed by atoms with E-state index in [2.05, 4.69) is 140 Å². The average molecular weight is 721 g/mol. The van der Waals surface area contributed by atoms with Crippen molar-refractivity contribution in [1.29, 1.82) is 0 Å². The Morgan fingerprint density at radius 3 is 1.39 bits per heavy atom. The average Bonchev–Trinajstić information content (AvgIpc) is 3.62. The number of allylic oxidation sites excluding steroid dienone is 4. The molecule has 0 heterocycles. The van der Waals surface area contributed by atoms with Gasteiger partial charge in [0.05, 0.1) is 0 Å². The van der Waals surface area contributed by atoms with Gasteiger partial charge in [0, 0.05) is 0 Å². The van der Waals surface area contributed by atoms with Gasteiger partial charge in [-0.1, -0.05) is 60.7 Å². The monoisotopic (exact) mass is 722 g/mol. The molecule has 0 bridgehead atoms. The molecule has 0 amide bonds. The van der Waals surface area contributed by atoms with E-state index in [1.807, 2.05) is 15.5 Å². The van der Waals surface area contributed by atoms with Crippen LogP contribution in [0.2, 0.25) is 0 Å². The Kier molecular flexibility index (Phi) is 10.6. The zero-order valence-electron chi connectivity index (χ0n) is 25.1. The van der Waals surface area contributed by atoms with Crippen molar-refractivity contribution in [3.63, 3.8) is 0 Å². The number of hydrogen-bond acceptors (Lipinski definition) is 1. The maximum Gasteiger partial charge on any atom is -0.0184 e. The molecule has 0 saturated heterocycles. The van der Waals surface area contributed by atoms with Crippen LogP contribution < -0.4 is 13.7 Å². The van der Waals surface area contributed by atoms with Crippen LogP contribution in [0, 0.1) is 5.92 Å². The predicted octanol–water partition coefficient (Wildman–Crippen LogP) is 8.20. The summed E-state index contributed by atoms with van der Waals surface area (Å²) in [5.41, 5.74) is 7.36.